The number of rotatable bonds is 17. The minimum Gasteiger partial charge on any atom is -0.459 e. The third kappa shape index (κ3) is 12.1. The van der Waals surface area contributed by atoms with Crippen LogP contribution >= 0.6 is 11.8 Å². The fourth-order valence-electron chi connectivity index (χ4n) is 7.67. The molecule has 2 fully saturated rings. The molecule has 0 saturated carbocycles. The first-order chi connectivity index (χ1) is 34.2. The lowest BCUT2D eigenvalue weighted by molar-refractivity contribution is -0.282. The van der Waals surface area contributed by atoms with Crippen molar-refractivity contribution in [2.45, 2.75) is 54.5 Å². The van der Waals surface area contributed by atoms with E-state index in [1.165, 1.54) is 43.5 Å². The highest BCUT2D eigenvalue weighted by Gasteiger charge is 2.55. The molecule has 0 unspecified atom stereocenters. The van der Waals surface area contributed by atoms with Crippen molar-refractivity contribution < 1.29 is 71.4 Å². The maximum absolute atomic E-state index is 14.0. The van der Waals surface area contributed by atoms with Gasteiger partial charge in [-0.1, -0.05) is 109 Å². The van der Waals surface area contributed by atoms with Gasteiger partial charge in [-0.2, -0.15) is 0 Å². The Labute approximate surface area is 406 Å². The first-order valence-electron chi connectivity index (χ1n) is 22.1. The molecule has 0 aromatic heterocycles. The molecule has 2 aliphatic rings. The smallest absolute Gasteiger partial charge is 0.338 e. The van der Waals surface area contributed by atoms with Crippen LogP contribution in [0, 0.1) is 0 Å². The van der Waals surface area contributed by atoms with Gasteiger partial charge in [0, 0.05) is 12.9 Å². The van der Waals surface area contributed by atoms with E-state index < -0.39 is 96.9 Å². The van der Waals surface area contributed by atoms with E-state index in [-0.39, 0.29) is 39.1 Å². The Morgan fingerprint density at radius 2 is 0.700 bits per heavy atom. The highest BCUT2D eigenvalue weighted by atomic mass is 32.2. The number of carbonyl (C=O) groups excluding carboxylic acids is 6. The lowest BCUT2D eigenvalue weighted by atomic mass is 9.98. The molecule has 0 radical (unpaired) electrons. The maximum Gasteiger partial charge on any atom is 0.338 e. The van der Waals surface area contributed by atoms with Gasteiger partial charge in [0.1, 0.15) is 24.3 Å². The van der Waals surface area contributed by atoms with Crippen LogP contribution in [0.3, 0.4) is 0 Å². The average molecular weight is 967 g/mol. The summed E-state index contributed by atoms with van der Waals surface area (Å²) in [6, 6.07) is 48.7. The molecule has 15 nitrogen and oxygen atoms in total. The van der Waals surface area contributed by atoms with Crippen LogP contribution in [0.5, 0.6) is 0 Å². The normalized spacial score (nSPS) is 22.7. The lowest BCUT2D eigenvalue weighted by Gasteiger charge is -2.44. The first-order valence-corrected chi connectivity index (χ1v) is 23.2. The van der Waals surface area contributed by atoms with Crippen LogP contribution < -0.4 is 0 Å². The van der Waals surface area contributed by atoms with E-state index in [0.717, 1.165) is 11.8 Å². The van der Waals surface area contributed by atoms with E-state index in [4.69, 9.17) is 42.6 Å². The topological polar surface area (TPSA) is 185 Å². The van der Waals surface area contributed by atoms with Crippen LogP contribution in [0.25, 0.3) is 0 Å². The van der Waals surface area contributed by atoms with Crippen molar-refractivity contribution in [2.75, 3.05) is 19.5 Å². The van der Waals surface area contributed by atoms with Crippen molar-refractivity contribution in [1.82, 2.24) is 0 Å². The maximum atomic E-state index is 14.0. The fraction of sp³-hybridized carbons (Fsp3) is 0.222. The summed E-state index contributed by atoms with van der Waals surface area (Å²) in [6.07, 6.45) is -11.1. The summed E-state index contributed by atoms with van der Waals surface area (Å²) in [6.45, 7) is -0.439. The van der Waals surface area contributed by atoms with Crippen LogP contribution in [-0.4, -0.2) is 110 Å². The van der Waals surface area contributed by atoms with Gasteiger partial charge in [0.25, 0.3) is 0 Å². The number of hydrogen-bond acceptors (Lipinski definition) is 16. The fourth-order valence-corrected chi connectivity index (χ4v) is 8.93. The van der Waals surface area contributed by atoms with Crippen molar-refractivity contribution in [3.05, 3.63) is 215 Å². The Bertz CT molecular complexity index is 2700. The summed E-state index contributed by atoms with van der Waals surface area (Å²) < 4.78 is 55.2. The molecule has 0 N–H and O–H groups in total. The van der Waals surface area contributed by atoms with Gasteiger partial charge in [0.15, 0.2) is 36.8 Å². The SMILES string of the molecule is CO[C@H]1O[C@H](CS[C@@H]2O[C@H](COC(=O)c3ccccc3)[C@@H](OC(=O)c3ccccc3)[C@H]2OC(=O)c2ccccc2)[C@@H](OC(=O)c2ccccc2)[C@H](OC(=O)c2ccccc2)[C@H]1OC(=O)c1ccccc1. The molecule has 358 valence electrons. The molecule has 2 saturated heterocycles. The third-order valence-electron chi connectivity index (χ3n) is 11.2. The Kier molecular flexibility index (Phi) is 16.5. The first kappa shape index (κ1) is 48.8. The predicted molar refractivity (Wildman–Crippen MR) is 252 cm³/mol. The lowest BCUT2D eigenvalue weighted by Crippen LogP contribution is -2.62. The highest BCUT2D eigenvalue weighted by Crippen LogP contribution is 2.39. The molecule has 70 heavy (non-hydrogen) atoms. The molecule has 0 aliphatic carbocycles. The van der Waals surface area contributed by atoms with Gasteiger partial charge in [0.05, 0.1) is 33.4 Å². The second kappa shape index (κ2) is 23.6. The van der Waals surface area contributed by atoms with Gasteiger partial charge in [-0.05, 0) is 72.8 Å². The van der Waals surface area contributed by atoms with Gasteiger partial charge >= 0.3 is 35.8 Å². The molecule has 2 heterocycles. The molecular formula is C54H46O15S. The number of hydrogen-bond donors (Lipinski definition) is 0. The number of carbonyl (C=O) groups is 6. The standard InChI is InChI=1S/C54H46O15S/c1-61-53-45(68-51(59)38-28-16-6-17-29-38)44(67-50(58)37-26-14-5-15-27-37)43(66-49(57)36-24-12-4-13-25-36)41(63-53)33-70-54-46(69-52(60)39-30-18-7-19-31-39)42(65-48(56)35-22-10-3-11-23-35)40(64-54)32-62-47(55)34-20-8-2-9-21-34/h2-31,40-46,53-54H,32-33H2,1H3/t40-,41-,42-,43-,44+,45-,46-,53+,54+/m1/s1. The molecule has 0 amide bonds. The second-order valence-corrected chi connectivity index (χ2v) is 16.9. The van der Waals surface area contributed by atoms with Crippen molar-refractivity contribution in [3.8, 4) is 0 Å². The van der Waals surface area contributed by atoms with E-state index in [1.54, 1.807) is 146 Å². The summed E-state index contributed by atoms with van der Waals surface area (Å²) in [5.74, 6) is -4.88. The summed E-state index contributed by atoms with van der Waals surface area (Å²) in [5.41, 5.74) is -0.0921. The van der Waals surface area contributed by atoms with E-state index in [1.807, 2.05) is 0 Å². The number of ether oxygens (including phenoxy) is 9. The van der Waals surface area contributed by atoms with Crippen LogP contribution in [-0.2, 0) is 42.6 Å². The molecule has 9 atom stereocenters. The van der Waals surface area contributed by atoms with Gasteiger partial charge in [0.2, 0.25) is 0 Å². The predicted octanol–water partition coefficient (Wildman–Crippen LogP) is 7.80. The summed E-state index contributed by atoms with van der Waals surface area (Å²) in [7, 11) is 1.30. The van der Waals surface area contributed by atoms with Crippen molar-refractivity contribution in [2.24, 2.45) is 0 Å². The van der Waals surface area contributed by atoms with Gasteiger partial charge in [-0.3, -0.25) is 0 Å². The van der Waals surface area contributed by atoms with Crippen molar-refractivity contribution in [3.63, 3.8) is 0 Å². The van der Waals surface area contributed by atoms with Crippen LogP contribution in [0.1, 0.15) is 62.1 Å². The van der Waals surface area contributed by atoms with E-state index >= 15 is 0 Å². The van der Waals surface area contributed by atoms with E-state index in [9.17, 15) is 28.8 Å². The van der Waals surface area contributed by atoms with Gasteiger partial charge in [-0.15, -0.1) is 11.8 Å². The Balaban J connectivity index is 1.14. The van der Waals surface area contributed by atoms with E-state index in [2.05, 4.69) is 0 Å². The summed E-state index contributed by atoms with van der Waals surface area (Å²) in [4.78, 5) is 82.7. The zero-order valence-corrected chi connectivity index (χ0v) is 38.3. The highest BCUT2D eigenvalue weighted by molar-refractivity contribution is 7.99. The molecule has 0 spiro atoms. The molecule has 6 aromatic rings. The molecular weight excluding hydrogens is 921 g/mol. The Morgan fingerprint density at radius 3 is 1.07 bits per heavy atom. The zero-order valence-electron chi connectivity index (χ0n) is 37.5. The average Bonchev–Trinajstić information content (AvgIpc) is 3.73. The summed E-state index contributed by atoms with van der Waals surface area (Å²) >= 11 is 1.01. The molecule has 0 bridgehead atoms. The van der Waals surface area contributed by atoms with Gasteiger partial charge < -0.3 is 42.6 Å². The monoisotopic (exact) mass is 966 g/mol. The number of thioether (sulfide) groups is 1. The minimum absolute atomic E-state index is 0.146. The number of methoxy groups -OCH3 is 1. The Hall–Kier alpha value is -7.63. The number of benzene rings is 6. The molecule has 8 rings (SSSR count). The van der Waals surface area contributed by atoms with Crippen molar-refractivity contribution in [1.29, 1.82) is 0 Å². The molecule has 6 aromatic carbocycles. The van der Waals surface area contributed by atoms with Crippen LogP contribution in [0.4, 0.5) is 0 Å². The second-order valence-electron chi connectivity index (χ2n) is 15.8. The van der Waals surface area contributed by atoms with Crippen LogP contribution in [0.2, 0.25) is 0 Å². The van der Waals surface area contributed by atoms with Crippen LogP contribution in [0.15, 0.2) is 182 Å². The number of esters is 6. The molecule has 2 aliphatic heterocycles. The largest absolute Gasteiger partial charge is 0.459 e. The van der Waals surface area contributed by atoms with Gasteiger partial charge in [-0.25, -0.2) is 28.8 Å². The third-order valence-corrected chi connectivity index (χ3v) is 12.4. The molecule has 16 heteroatoms. The van der Waals surface area contributed by atoms with E-state index in [0.29, 0.717) is 0 Å². The summed E-state index contributed by atoms with van der Waals surface area (Å²) in [5, 5.41) is 0. The quantitative estimate of drug-likeness (QED) is 0.0636. The zero-order chi connectivity index (χ0) is 48.8. The van der Waals surface area contributed by atoms with Crippen molar-refractivity contribution >= 4 is 47.6 Å². The minimum atomic E-state index is -1.56. The Morgan fingerprint density at radius 1 is 0.386 bits per heavy atom.